The number of hydrogen-bond donors (Lipinski definition) is 0. The normalized spacial score (nSPS) is 14.4. The van der Waals surface area contributed by atoms with Crippen molar-refractivity contribution in [2.45, 2.75) is 20.3 Å². The van der Waals surface area contributed by atoms with Gasteiger partial charge < -0.3 is 4.79 Å². The van der Waals surface area contributed by atoms with Gasteiger partial charge in [-0.15, -0.1) is 0 Å². The van der Waals surface area contributed by atoms with Gasteiger partial charge in [-0.05, 0) is 12.0 Å². The van der Waals surface area contributed by atoms with Crippen molar-refractivity contribution < 1.29 is 9.59 Å². The Bertz CT molecular complexity index is 147. The Morgan fingerprint density at radius 2 is 2.10 bits per heavy atom. The zero-order valence-electron chi connectivity index (χ0n) is 6.33. The molecular weight excluding hydrogens is 128 g/mol. The molecule has 2 heteroatoms. The average molecular weight is 140 g/mol. The molecule has 56 valence electrons. The van der Waals surface area contributed by atoms with Gasteiger partial charge in [-0.25, -0.2) is 0 Å². The quantitative estimate of drug-likeness (QED) is 0.436. The zero-order chi connectivity index (χ0) is 7.98. The number of rotatable bonds is 4. The lowest BCUT2D eigenvalue weighted by atomic mass is 10.0. The van der Waals surface area contributed by atoms with Gasteiger partial charge in [-0.2, -0.15) is 0 Å². The number of aldehydes is 2. The van der Waals surface area contributed by atoms with Gasteiger partial charge in [0.15, 0.2) is 0 Å². The number of allylic oxidation sites excluding steroid dienone is 2. The smallest absolute Gasteiger partial charge is 0.146 e. The second-order valence-corrected chi connectivity index (χ2v) is 2.15. The second-order valence-electron chi connectivity index (χ2n) is 2.15. The maximum atomic E-state index is 10.3. The molecule has 0 amide bonds. The molecule has 0 radical (unpaired) electrons. The van der Waals surface area contributed by atoms with Crippen molar-refractivity contribution in [2.24, 2.45) is 5.92 Å². The van der Waals surface area contributed by atoms with Crippen LogP contribution in [0.1, 0.15) is 20.3 Å². The van der Waals surface area contributed by atoms with Crippen LogP contribution in [0.15, 0.2) is 11.6 Å². The van der Waals surface area contributed by atoms with Gasteiger partial charge in [-0.3, -0.25) is 4.79 Å². The summed E-state index contributed by atoms with van der Waals surface area (Å²) in [4.78, 5) is 20.4. The molecule has 0 rings (SSSR count). The summed E-state index contributed by atoms with van der Waals surface area (Å²) in [6.07, 6.45) is 4.08. The van der Waals surface area contributed by atoms with Crippen molar-refractivity contribution >= 4 is 12.6 Å². The van der Waals surface area contributed by atoms with Crippen LogP contribution in [0.25, 0.3) is 0 Å². The van der Waals surface area contributed by atoms with Crippen molar-refractivity contribution in [2.75, 3.05) is 0 Å². The lowest BCUT2D eigenvalue weighted by molar-refractivity contribution is -0.112. The standard InChI is InChI=1S/C8H12O2/c1-3-4-8(6-10)7(2)5-9/h4-7H,3H2,1-2H3/b8-4+/t7-/m1/s1. The molecule has 0 unspecified atom stereocenters. The van der Waals surface area contributed by atoms with Crippen LogP contribution in [0.4, 0.5) is 0 Å². The summed E-state index contributed by atoms with van der Waals surface area (Å²) in [6, 6.07) is 0. The second kappa shape index (κ2) is 4.91. The van der Waals surface area contributed by atoms with E-state index < -0.39 is 0 Å². The zero-order valence-corrected chi connectivity index (χ0v) is 6.33. The lowest BCUT2D eigenvalue weighted by Gasteiger charge is -1.99. The number of carbonyl (C=O) groups excluding carboxylic acids is 2. The van der Waals surface area contributed by atoms with Crippen molar-refractivity contribution in [1.82, 2.24) is 0 Å². The lowest BCUT2D eigenvalue weighted by Crippen LogP contribution is -2.01. The molecule has 0 saturated heterocycles. The fourth-order valence-electron chi connectivity index (χ4n) is 0.656. The van der Waals surface area contributed by atoms with E-state index in [0.29, 0.717) is 5.57 Å². The van der Waals surface area contributed by atoms with Crippen molar-refractivity contribution in [3.05, 3.63) is 11.6 Å². The van der Waals surface area contributed by atoms with Crippen LogP contribution in [-0.2, 0) is 9.59 Å². The number of carbonyl (C=O) groups is 2. The first kappa shape index (κ1) is 9.08. The van der Waals surface area contributed by atoms with Gasteiger partial charge in [0.25, 0.3) is 0 Å². The van der Waals surface area contributed by atoms with Crippen LogP contribution in [0.5, 0.6) is 0 Å². The fraction of sp³-hybridized carbons (Fsp3) is 0.500. The van der Waals surface area contributed by atoms with Crippen LogP contribution in [0.3, 0.4) is 0 Å². The third-order valence-electron chi connectivity index (χ3n) is 1.31. The Morgan fingerprint density at radius 3 is 2.40 bits per heavy atom. The highest BCUT2D eigenvalue weighted by molar-refractivity contribution is 5.80. The Labute approximate surface area is 60.9 Å². The molecule has 0 aliphatic heterocycles. The summed E-state index contributed by atoms with van der Waals surface area (Å²) in [5, 5.41) is 0. The largest absolute Gasteiger partial charge is 0.303 e. The fourth-order valence-corrected chi connectivity index (χ4v) is 0.656. The van der Waals surface area contributed by atoms with E-state index in [2.05, 4.69) is 0 Å². The van der Waals surface area contributed by atoms with Crippen molar-refractivity contribution in [3.63, 3.8) is 0 Å². The van der Waals surface area contributed by atoms with E-state index in [9.17, 15) is 9.59 Å². The summed E-state index contributed by atoms with van der Waals surface area (Å²) in [5.74, 6) is -0.252. The van der Waals surface area contributed by atoms with Crippen LogP contribution >= 0.6 is 0 Å². The Balaban J connectivity index is 4.18. The first-order valence-electron chi connectivity index (χ1n) is 3.36. The number of hydrogen-bond acceptors (Lipinski definition) is 2. The van der Waals surface area contributed by atoms with Gasteiger partial charge in [-0.1, -0.05) is 19.9 Å². The minimum atomic E-state index is -0.252. The Kier molecular flexibility index (Phi) is 4.46. The third kappa shape index (κ3) is 2.58. The summed E-state index contributed by atoms with van der Waals surface area (Å²) < 4.78 is 0. The average Bonchev–Trinajstić information content (AvgIpc) is 1.99. The first-order valence-corrected chi connectivity index (χ1v) is 3.36. The monoisotopic (exact) mass is 140 g/mol. The minimum absolute atomic E-state index is 0.252. The molecule has 0 aromatic carbocycles. The molecule has 0 heterocycles. The molecule has 10 heavy (non-hydrogen) atoms. The van der Waals surface area contributed by atoms with E-state index in [-0.39, 0.29) is 5.92 Å². The van der Waals surface area contributed by atoms with Crippen molar-refractivity contribution in [1.29, 1.82) is 0 Å². The summed E-state index contributed by atoms with van der Waals surface area (Å²) >= 11 is 0. The highest BCUT2D eigenvalue weighted by Gasteiger charge is 2.03. The SMILES string of the molecule is CC/C=C(\C=O)[C@H](C)C=O. The van der Waals surface area contributed by atoms with E-state index in [1.165, 1.54) is 0 Å². The molecule has 0 aromatic rings. The van der Waals surface area contributed by atoms with Crippen LogP contribution in [-0.4, -0.2) is 12.6 Å². The molecular formula is C8H12O2. The summed E-state index contributed by atoms with van der Waals surface area (Å²) in [6.45, 7) is 3.64. The van der Waals surface area contributed by atoms with Crippen LogP contribution < -0.4 is 0 Å². The van der Waals surface area contributed by atoms with E-state index in [0.717, 1.165) is 19.0 Å². The molecule has 0 N–H and O–H groups in total. The predicted octanol–water partition coefficient (Wildman–Crippen LogP) is 1.36. The van der Waals surface area contributed by atoms with Crippen LogP contribution in [0, 0.1) is 5.92 Å². The molecule has 1 atom stereocenters. The summed E-state index contributed by atoms with van der Waals surface area (Å²) in [7, 11) is 0. The molecule has 0 aliphatic rings. The van der Waals surface area contributed by atoms with Gasteiger partial charge in [0.1, 0.15) is 12.6 Å². The van der Waals surface area contributed by atoms with E-state index in [4.69, 9.17) is 0 Å². The maximum absolute atomic E-state index is 10.3. The summed E-state index contributed by atoms with van der Waals surface area (Å²) in [5.41, 5.74) is 0.581. The van der Waals surface area contributed by atoms with Gasteiger partial charge >= 0.3 is 0 Å². The highest BCUT2D eigenvalue weighted by atomic mass is 16.1. The van der Waals surface area contributed by atoms with Crippen LogP contribution in [0.2, 0.25) is 0 Å². The van der Waals surface area contributed by atoms with E-state index in [1.807, 2.05) is 6.92 Å². The molecule has 2 nitrogen and oxygen atoms in total. The molecule has 0 aromatic heterocycles. The molecule has 0 spiro atoms. The van der Waals surface area contributed by atoms with E-state index in [1.54, 1.807) is 13.0 Å². The molecule has 0 saturated carbocycles. The molecule has 0 aliphatic carbocycles. The Hall–Kier alpha value is -0.920. The first-order chi connectivity index (χ1) is 4.76. The van der Waals surface area contributed by atoms with Gasteiger partial charge in [0, 0.05) is 5.92 Å². The minimum Gasteiger partial charge on any atom is -0.303 e. The predicted molar refractivity (Wildman–Crippen MR) is 39.7 cm³/mol. The van der Waals surface area contributed by atoms with Gasteiger partial charge in [0.2, 0.25) is 0 Å². The Morgan fingerprint density at radius 1 is 1.50 bits per heavy atom. The van der Waals surface area contributed by atoms with Gasteiger partial charge in [0.05, 0.1) is 0 Å². The third-order valence-corrected chi connectivity index (χ3v) is 1.31. The van der Waals surface area contributed by atoms with Crippen molar-refractivity contribution in [3.8, 4) is 0 Å². The molecule has 0 fully saturated rings. The van der Waals surface area contributed by atoms with E-state index >= 15 is 0 Å². The topological polar surface area (TPSA) is 34.1 Å². The molecule has 0 bridgehead atoms. The highest BCUT2D eigenvalue weighted by Crippen LogP contribution is 2.04. The maximum Gasteiger partial charge on any atom is 0.146 e.